The number of hydrogen-bond donors (Lipinski definition) is 0. The molecule has 0 unspecified atom stereocenters. The third-order valence-electron chi connectivity index (χ3n) is 3.20. The normalized spacial score (nSPS) is 11.6. The molecule has 0 amide bonds. The monoisotopic (exact) mass is 264 g/mol. The fourth-order valence-corrected chi connectivity index (χ4v) is 2.04. The van der Waals surface area contributed by atoms with Gasteiger partial charge in [-0.15, -0.1) is 0 Å². The van der Waals surface area contributed by atoms with Gasteiger partial charge in [0.2, 0.25) is 0 Å². The molecule has 0 N–H and O–H groups in total. The summed E-state index contributed by atoms with van der Waals surface area (Å²) in [5, 5.41) is 0. The summed E-state index contributed by atoms with van der Waals surface area (Å²) >= 11 is 0. The van der Waals surface area contributed by atoms with E-state index in [1.807, 2.05) is 37.3 Å². The predicted molar refractivity (Wildman–Crippen MR) is 70.0 cm³/mol. The Labute approximate surface area is 110 Å². The van der Waals surface area contributed by atoms with Gasteiger partial charge in [0, 0.05) is 0 Å². The molecule has 2 aromatic carbocycles. The number of halogens is 3. The highest BCUT2D eigenvalue weighted by Crippen LogP contribution is 2.30. The Morgan fingerprint density at radius 3 is 2.21 bits per heavy atom. The van der Waals surface area contributed by atoms with Gasteiger partial charge >= 0.3 is 6.18 Å². The highest BCUT2D eigenvalue weighted by Gasteiger charge is 2.30. The smallest absolute Gasteiger partial charge is 0.166 e. The molecule has 0 aromatic heterocycles. The third kappa shape index (κ3) is 3.60. The fraction of sp³-hybridized carbons (Fsp3) is 0.250. The zero-order valence-electron chi connectivity index (χ0n) is 10.7. The van der Waals surface area contributed by atoms with Crippen LogP contribution in [-0.2, 0) is 19.0 Å². The summed E-state index contributed by atoms with van der Waals surface area (Å²) in [4.78, 5) is 0. The molecule has 0 fully saturated rings. The topological polar surface area (TPSA) is 0 Å². The van der Waals surface area contributed by atoms with E-state index in [-0.39, 0.29) is 0 Å². The summed E-state index contributed by atoms with van der Waals surface area (Å²) in [6.45, 7) is 1.85. The minimum atomic E-state index is -4.27. The molecule has 3 heteroatoms. The molecule has 0 aliphatic heterocycles. The van der Waals surface area contributed by atoms with Crippen LogP contribution < -0.4 is 0 Å². The molecule has 0 atom stereocenters. The molecule has 2 aromatic rings. The van der Waals surface area contributed by atoms with Crippen LogP contribution in [0.15, 0.2) is 48.5 Å². The maximum absolute atomic E-state index is 12.7. The van der Waals surface area contributed by atoms with Crippen LogP contribution in [0.5, 0.6) is 0 Å². The van der Waals surface area contributed by atoms with E-state index >= 15 is 0 Å². The van der Waals surface area contributed by atoms with Gasteiger partial charge in [-0.25, -0.2) is 0 Å². The standard InChI is InChI=1S/C16H15F3/c1-12-7-10-15(16(17,18)19)11-14(12)9-8-13-5-3-2-4-6-13/h2-7,10-11H,8-9H2,1H3. The molecule has 0 nitrogen and oxygen atoms in total. The summed E-state index contributed by atoms with van der Waals surface area (Å²) < 4.78 is 38.0. The van der Waals surface area contributed by atoms with E-state index in [9.17, 15) is 13.2 Å². The van der Waals surface area contributed by atoms with E-state index in [1.165, 1.54) is 6.07 Å². The number of rotatable bonds is 3. The molecule has 0 saturated heterocycles. The van der Waals surface area contributed by atoms with Gasteiger partial charge in [0.05, 0.1) is 5.56 Å². The van der Waals surface area contributed by atoms with Crippen LogP contribution in [0.2, 0.25) is 0 Å². The summed E-state index contributed by atoms with van der Waals surface area (Å²) in [6.07, 6.45) is -2.89. The van der Waals surface area contributed by atoms with Gasteiger partial charge in [0.25, 0.3) is 0 Å². The number of alkyl halides is 3. The molecular formula is C16H15F3. The van der Waals surface area contributed by atoms with Crippen LogP contribution in [-0.4, -0.2) is 0 Å². The summed E-state index contributed by atoms with van der Waals surface area (Å²) in [7, 11) is 0. The van der Waals surface area contributed by atoms with Gasteiger partial charge in [0.1, 0.15) is 0 Å². The lowest BCUT2D eigenvalue weighted by atomic mass is 9.98. The zero-order valence-corrected chi connectivity index (χ0v) is 10.7. The van der Waals surface area contributed by atoms with Crippen molar-refractivity contribution in [1.29, 1.82) is 0 Å². The molecular weight excluding hydrogens is 249 g/mol. The summed E-state index contributed by atoms with van der Waals surface area (Å²) in [6, 6.07) is 13.7. The molecule has 0 aliphatic carbocycles. The number of hydrogen-bond acceptors (Lipinski definition) is 0. The Hall–Kier alpha value is -1.77. The first-order valence-corrected chi connectivity index (χ1v) is 6.17. The third-order valence-corrected chi connectivity index (χ3v) is 3.20. The van der Waals surface area contributed by atoms with Crippen LogP contribution in [0.3, 0.4) is 0 Å². The molecule has 0 heterocycles. The van der Waals surface area contributed by atoms with Gasteiger partial charge in [-0.05, 0) is 48.6 Å². The molecule has 0 spiro atoms. The average molecular weight is 264 g/mol. The number of benzene rings is 2. The lowest BCUT2D eigenvalue weighted by Gasteiger charge is -2.11. The average Bonchev–Trinajstić information content (AvgIpc) is 2.37. The summed E-state index contributed by atoms with van der Waals surface area (Å²) in [5.41, 5.74) is 2.24. The molecule has 100 valence electrons. The second-order valence-electron chi connectivity index (χ2n) is 4.62. The lowest BCUT2D eigenvalue weighted by Crippen LogP contribution is -2.06. The van der Waals surface area contributed by atoms with Crippen molar-refractivity contribution in [2.24, 2.45) is 0 Å². The second kappa shape index (κ2) is 5.47. The van der Waals surface area contributed by atoms with E-state index in [0.29, 0.717) is 6.42 Å². The van der Waals surface area contributed by atoms with E-state index in [1.54, 1.807) is 6.07 Å². The van der Waals surface area contributed by atoms with Crippen LogP contribution in [0, 0.1) is 6.92 Å². The lowest BCUT2D eigenvalue weighted by molar-refractivity contribution is -0.137. The Kier molecular flexibility index (Phi) is 3.93. The van der Waals surface area contributed by atoms with E-state index in [0.717, 1.165) is 29.2 Å². The molecule has 0 bridgehead atoms. The number of aryl methyl sites for hydroxylation is 3. The van der Waals surface area contributed by atoms with Gasteiger partial charge in [-0.2, -0.15) is 13.2 Å². The van der Waals surface area contributed by atoms with Gasteiger partial charge in [-0.1, -0.05) is 36.4 Å². The van der Waals surface area contributed by atoms with Crippen LogP contribution in [0.25, 0.3) is 0 Å². The van der Waals surface area contributed by atoms with Crippen LogP contribution >= 0.6 is 0 Å². The maximum atomic E-state index is 12.7. The first-order valence-electron chi connectivity index (χ1n) is 6.17. The van der Waals surface area contributed by atoms with Gasteiger partial charge < -0.3 is 0 Å². The second-order valence-corrected chi connectivity index (χ2v) is 4.62. The zero-order chi connectivity index (χ0) is 13.9. The Morgan fingerprint density at radius 2 is 1.58 bits per heavy atom. The van der Waals surface area contributed by atoms with Crippen LogP contribution in [0.1, 0.15) is 22.3 Å². The molecule has 19 heavy (non-hydrogen) atoms. The van der Waals surface area contributed by atoms with E-state index in [4.69, 9.17) is 0 Å². The van der Waals surface area contributed by atoms with Gasteiger partial charge in [-0.3, -0.25) is 0 Å². The van der Waals surface area contributed by atoms with E-state index < -0.39 is 11.7 Å². The first-order chi connectivity index (χ1) is 8.97. The predicted octanol–water partition coefficient (Wildman–Crippen LogP) is 4.80. The quantitative estimate of drug-likeness (QED) is 0.747. The Balaban J connectivity index is 2.16. The highest BCUT2D eigenvalue weighted by molar-refractivity contribution is 5.33. The van der Waals surface area contributed by atoms with Crippen molar-refractivity contribution in [3.8, 4) is 0 Å². The first kappa shape index (κ1) is 13.7. The van der Waals surface area contributed by atoms with Crippen molar-refractivity contribution in [3.63, 3.8) is 0 Å². The summed E-state index contributed by atoms with van der Waals surface area (Å²) in [5.74, 6) is 0. The molecule has 0 aliphatic rings. The largest absolute Gasteiger partial charge is 0.416 e. The van der Waals surface area contributed by atoms with E-state index in [2.05, 4.69) is 0 Å². The SMILES string of the molecule is Cc1ccc(C(F)(F)F)cc1CCc1ccccc1. The van der Waals surface area contributed by atoms with Crippen molar-refractivity contribution in [3.05, 3.63) is 70.8 Å². The molecule has 0 radical (unpaired) electrons. The Bertz CT molecular complexity index is 542. The fourth-order valence-electron chi connectivity index (χ4n) is 2.04. The van der Waals surface area contributed by atoms with Crippen molar-refractivity contribution < 1.29 is 13.2 Å². The minimum absolute atomic E-state index is 0.568. The maximum Gasteiger partial charge on any atom is 0.416 e. The van der Waals surface area contributed by atoms with Crippen molar-refractivity contribution in [2.75, 3.05) is 0 Å². The molecule has 0 saturated carbocycles. The van der Waals surface area contributed by atoms with Crippen molar-refractivity contribution in [1.82, 2.24) is 0 Å². The van der Waals surface area contributed by atoms with Crippen molar-refractivity contribution in [2.45, 2.75) is 25.9 Å². The molecule has 2 rings (SSSR count). The van der Waals surface area contributed by atoms with Crippen molar-refractivity contribution >= 4 is 0 Å². The van der Waals surface area contributed by atoms with Crippen LogP contribution in [0.4, 0.5) is 13.2 Å². The van der Waals surface area contributed by atoms with Gasteiger partial charge in [0.15, 0.2) is 0 Å². The highest BCUT2D eigenvalue weighted by atomic mass is 19.4. The minimum Gasteiger partial charge on any atom is -0.166 e. The Morgan fingerprint density at radius 1 is 0.895 bits per heavy atom.